The molecule has 0 unspecified atom stereocenters. The molecule has 6 aromatic carbocycles. The van der Waals surface area contributed by atoms with Crippen molar-refractivity contribution in [3.05, 3.63) is 115 Å². The van der Waals surface area contributed by atoms with Crippen molar-refractivity contribution in [1.82, 2.24) is 4.57 Å². The van der Waals surface area contributed by atoms with Crippen molar-refractivity contribution in [3.63, 3.8) is 0 Å². The van der Waals surface area contributed by atoms with E-state index in [-0.39, 0.29) is 0 Å². The van der Waals surface area contributed by atoms with Crippen LogP contribution in [0, 0.1) is 0 Å². The van der Waals surface area contributed by atoms with Crippen LogP contribution in [0.4, 0.5) is 11.5 Å². The van der Waals surface area contributed by atoms with Gasteiger partial charge in [-0.05, 0) is 58.1 Å². The topological polar surface area (TPSA) is 8.17 Å². The first-order valence-electron chi connectivity index (χ1n) is 12.7. The average molecular weight is 461 g/mol. The van der Waals surface area contributed by atoms with Crippen LogP contribution in [-0.2, 0) is 0 Å². The minimum atomic E-state index is 0.882. The highest BCUT2D eigenvalue weighted by atomic mass is 15.3. The molecule has 0 saturated carbocycles. The van der Waals surface area contributed by atoms with Crippen LogP contribution in [0.5, 0.6) is 0 Å². The molecule has 0 saturated heterocycles. The molecule has 8 rings (SSSR count). The molecular weight excluding hydrogens is 436 g/mol. The summed E-state index contributed by atoms with van der Waals surface area (Å²) in [5, 5.41) is 8.92. The number of hydrogen-bond donors (Lipinski definition) is 0. The van der Waals surface area contributed by atoms with Gasteiger partial charge in [0.1, 0.15) is 5.82 Å². The predicted molar refractivity (Wildman–Crippen MR) is 154 cm³/mol. The van der Waals surface area contributed by atoms with Crippen LogP contribution in [0.1, 0.15) is 6.92 Å². The van der Waals surface area contributed by atoms with Crippen LogP contribution >= 0.6 is 0 Å². The Morgan fingerprint density at radius 2 is 1.19 bits per heavy atom. The van der Waals surface area contributed by atoms with Gasteiger partial charge in [0.05, 0.1) is 16.9 Å². The molecule has 0 aliphatic carbocycles. The number of benzene rings is 6. The molecule has 0 spiro atoms. The minimum Gasteiger partial charge on any atom is -0.327 e. The van der Waals surface area contributed by atoms with Gasteiger partial charge >= 0.3 is 0 Å². The molecule has 0 fully saturated rings. The van der Waals surface area contributed by atoms with E-state index in [9.17, 15) is 0 Å². The van der Waals surface area contributed by atoms with Gasteiger partial charge in [0.15, 0.2) is 0 Å². The predicted octanol–water partition coefficient (Wildman–Crippen LogP) is 9.23. The molecule has 0 atom stereocenters. The van der Waals surface area contributed by atoms with Crippen LogP contribution in [0.2, 0.25) is 0 Å². The van der Waals surface area contributed by atoms with Gasteiger partial charge in [0.25, 0.3) is 0 Å². The lowest BCUT2D eigenvalue weighted by Gasteiger charge is -2.24. The third-order valence-corrected chi connectivity index (χ3v) is 7.83. The number of fused-ring (bicyclic) bond motifs is 12. The van der Waals surface area contributed by atoms with Crippen LogP contribution in [0.15, 0.2) is 115 Å². The zero-order valence-corrected chi connectivity index (χ0v) is 20.1. The number of nitrogens with zero attached hydrogens (tertiary/aromatic N) is 2. The summed E-state index contributed by atoms with van der Waals surface area (Å²) in [6.07, 6.45) is 0. The lowest BCUT2D eigenvalue weighted by atomic mass is 9.92. The van der Waals surface area contributed by atoms with Gasteiger partial charge in [-0.2, -0.15) is 0 Å². The van der Waals surface area contributed by atoms with Crippen molar-refractivity contribution >= 4 is 54.7 Å². The molecule has 2 nitrogen and oxygen atoms in total. The van der Waals surface area contributed by atoms with Crippen LogP contribution in [0.25, 0.3) is 60.0 Å². The first-order valence-corrected chi connectivity index (χ1v) is 12.7. The Morgan fingerprint density at radius 1 is 0.556 bits per heavy atom. The van der Waals surface area contributed by atoms with Crippen molar-refractivity contribution in [1.29, 1.82) is 0 Å². The largest absolute Gasteiger partial charge is 0.327 e. The summed E-state index contributed by atoms with van der Waals surface area (Å²) in [5.74, 6) is 1.22. The Hall–Kier alpha value is -4.56. The molecule has 36 heavy (non-hydrogen) atoms. The number of aromatic nitrogens is 1. The van der Waals surface area contributed by atoms with E-state index < -0.39 is 0 Å². The molecule has 1 aromatic heterocycles. The maximum atomic E-state index is 2.51. The SMILES string of the molecule is CCN1c2ccc3ccccc3c2-c2ccc3ccccc3c2-n2c1cc1cc3ccccc3cc12. The molecule has 0 bridgehead atoms. The second kappa shape index (κ2) is 7.22. The van der Waals surface area contributed by atoms with E-state index >= 15 is 0 Å². The van der Waals surface area contributed by atoms with E-state index in [0.717, 1.165) is 6.54 Å². The molecular formula is C34H24N2. The Labute approximate surface area is 209 Å². The fourth-order valence-corrected chi connectivity index (χ4v) is 6.24. The molecule has 7 aromatic rings. The first-order chi connectivity index (χ1) is 17.8. The van der Waals surface area contributed by atoms with Crippen molar-refractivity contribution < 1.29 is 0 Å². The maximum absolute atomic E-state index is 2.51. The standard InChI is InChI=1S/C34H24N2/c1-2-35-30-18-16-22-9-5-7-13-27(22)33(30)29-17-15-23-10-6-8-14-28(23)34(29)36-31-20-25-12-4-3-11-24(25)19-26(31)21-32(35)36/h3-21H,2H2,1H3. The highest BCUT2D eigenvalue weighted by Gasteiger charge is 2.28. The molecule has 0 amide bonds. The fraction of sp³-hybridized carbons (Fsp3) is 0.0588. The highest BCUT2D eigenvalue weighted by molar-refractivity contribution is 6.12. The van der Waals surface area contributed by atoms with Gasteiger partial charge in [0.2, 0.25) is 0 Å². The first kappa shape index (κ1) is 19.7. The summed E-state index contributed by atoms with van der Waals surface area (Å²) in [6.45, 7) is 3.14. The summed E-state index contributed by atoms with van der Waals surface area (Å²) in [6, 6.07) is 42.5. The van der Waals surface area contributed by atoms with E-state index in [1.165, 1.54) is 71.5 Å². The number of rotatable bonds is 1. The Kier molecular flexibility index (Phi) is 3.96. The van der Waals surface area contributed by atoms with E-state index in [1.54, 1.807) is 0 Å². The third kappa shape index (κ3) is 2.56. The van der Waals surface area contributed by atoms with Crippen molar-refractivity contribution in [2.45, 2.75) is 6.92 Å². The zero-order valence-electron chi connectivity index (χ0n) is 20.1. The molecule has 1 aliphatic rings. The second-order valence-electron chi connectivity index (χ2n) is 9.70. The van der Waals surface area contributed by atoms with Crippen LogP contribution in [0.3, 0.4) is 0 Å². The molecule has 0 N–H and O–H groups in total. The van der Waals surface area contributed by atoms with E-state index in [0.29, 0.717) is 0 Å². The summed E-state index contributed by atoms with van der Waals surface area (Å²) >= 11 is 0. The van der Waals surface area contributed by atoms with Crippen molar-refractivity contribution in [2.24, 2.45) is 0 Å². The molecule has 2 heterocycles. The fourth-order valence-electron chi connectivity index (χ4n) is 6.24. The van der Waals surface area contributed by atoms with Crippen molar-refractivity contribution in [2.75, 3.05) is 11.4 Å². The Bertz CT molecular complexity index is 1990. The quantitative estimate of drug-likeness (QED) is 0.237. The number of hydrogen-bond acceptors (Lipinski definition) is 1. The van der Waals surface area contributed by atoms with Gasteiger partial charge in [-0.1, -0.05) is 91.0 Å². The van der Waals surface area contributed by atoms with Crippen molar-refractivity contribution in [3.8, 4) is 16.8 Å². The number of anilines is 2. The highest BCUT2D eigenvalue weighted by Crippen LogP contribution is 2.50. The summed E-state index contributed by atoms with van der Waals surface area (Å²) in [7, 11) is 0. The summed E-state index contributed by atoms with van der Waals surface area (Å²) in [5.41, 5.74) is 6.37. The lowest BCUT2D eigenvalue weighted by molar-refractivity contribution is 0.971. The third-order valence-electron chi connectivity index (χ3n) is 7.83. The smallest absolute Gasteiger partial charge is 0.118 e. The summed E-state index contributed by atoms with van der Waals surface area (Å²) in [4.78, 5) is 2.49. The molecule has 170 valence electrons. The van der Waals surface area contributed by atoms with Gasteiger partial charge in [0, 0.05) is 28.4 Å². The Balaban J connectivity index is 1.63. The van der Waals surface area contributed by atoms with E-state index in [2.05, 4.69) is 132 Å². The summed E-state index contributed by atoms with van der Waals surface area (Å²) < 4.78 is 2.51. The maximum Gasteiger partial charge on any atom is 0.118 e. The van der Waals surface area contributed by atoms with Crippen LogP contribution < -0.4 is 4.90 Å². The lowest BCUT2D eigenvalue weighted by Crippen LogP contribution is -2.18. The zero-order chi connectivity index (χ0) is 23.8. The van der Waals surface area contributed by atoms with Crippen LogP contribution in [-0.4, -0.2) is 11.1 Å². The molecule has 0 radical (unpaired) electrons. The van der Waals surface area contributed by atoms with Gasteiger partial charge < -0.3 is 4.90 Å². The Morgan fingerprint density at radius 3 is 1.97 bits per heavy atom. The minimum absolute atomic E-state index is 0.882. The average Bonchev–Trinajstić information content (AvgIpc) is 3.22. The van der Waals surface area contributed by atoms with E-state index in [1.807, 2.05) is 0 Å². The van der Waals surface area contributed by atoms with E-state index in [4.69, 9.17) is 0 Å². The van der Waals surface area contributed by atoms with Gasteiger partial charge in [-0.3, -0.25) is 4.57 Å². The monoisotopic (exact) mass is 460 g/mol. The van der Waals surface area contributed by atoms with Gasteiger partial charge in [-0.15, -0.1) is 0 Å². The van der Waals surface area contributed by atoms with Gasteiger partial charge in [-0.25, -0.2) is 0 Å². The molecule has 2 heteroatoms. The second-order valence-corrected chi connectivity index (χ2v) is 9.70. The normalized spacial score (nSPS) is 12.6. The molecule has 1 aliphatic heterocycles.